The zero-order valence-electron chi connectivity index (χ0n) is 6.81. The van der Waals surface area contributed by atoms with Crippen molar-refractivity contribution in [3.8, 4) is 0 Å². The van der Waals surface area contributed by atoms with E-state index < -0.39 is 5.97 Å². The van der Waals surface area contributed by atoms with Gasteiger partial charge >= 0.3 is 5.97 Å². The maximum absolute atomic E-state index is 10.1. The predicted octanol–water partition coefficient (Wildman–Crippen LogP) is -0.306. The minimum absolute atomic E-state index is 0.233. The lowest BCUT2D eigenvalue weighted by atomic mass is 10.3. The van der Waals surface area contributed by atoms with Crippen molar-refractivity contribution >= 4 is 5.97 Å². The van der Waals surface area contributed by atoms with Crippen molar-refractivity contribution in [2.75, 3.05) is 19.6 Å². The fourth-order valence-electron chi connectivity index (χ4n) is 1.28. The van der Waals surface area contributed by atoms with Crippen molar-refractivity contribution in [2.45, 2.75) is 12.5 Å². The molecule has 1 saturated heterocycles. The molecule has 1 heterocycles. The molecule has 0 bridgehead atoms. The lowest BCUT2D eigenvalue weighted by Gasteiger charge is -2.10. The van der Waals surface area contributed by atoms with Crippen molar-refractivity contribution in [1.82, 2.24) is 4.90 Å². The van der Waals surface area contributed by atoms with Crippen LogP contribution in [0.1, 0.15) is 6.42 Å². The molecule has 0 saturated carbocycles. The third-order valence-corrected chi connectivity index (χ3v) is 1.87. The predicted molar refractivity (Wildman–Crippen MR) is 43.8 cm³/mol. The summed E-state index contributed by atoms with van der Waals surface area (Å²) in [6, 6.07) is 0. The minimum Gasteiger partial charge on any atom is -0.478 e. The van der Waals surface area contributed by atoms with Crippen LogP contribution in [0.4, 0.5) is 0 Å². The average molecular weight is 171 g/mol. The molecule has 12 heavy (non-hydrogen) atoms. The maximum Gasteiger partial charge on any atom is 0.328 e. The number of aliphatic carboxylic acids is 1. The summed E-state index contributed by atoms with van der Waals surface area (Å²) in [7, 11) is 0. The Hall–Kier alpha value is -0.870. The number of carboxylic acid groups (broad SMARTS) is 1. The number of β-amino-alcohol motifs (C(OH)–C–C–N with tert-alkyl or cyclic N) is 1. The van der Waals surface area contributed by atoms with E-state index in [0.29, 0.717) is 13.1 Å². The van der Waals surface area contributed by atoms with Crippen LogP contribution in [0.2, 0.25) is 0 Å². The fraction of sp³-hybridized carbons (Fsp3) is 0.625. The Morgan fingerprint density at radius 2 is 2.42 bits per heavy atom. The highest BCUT2D eigenvalue weighted by Crippen LogP contribution is 2.07. The van der Waals surface area contributed by atoms with Crippen LogP contribution in [-0.2, 0) is 4.79 Å². The fourth-order valence-corrected chi connectivity index (χ4v) is 1.28. The molecule has 2 N–H and O–H groups in total. The van der Waals surface area contributed by atoms with E-state index in [-0.39, 0.29) is 6.10 Å². The van der Waals surface area contributed by atoms with Crippen LogP contribution in [0.25, 0.3) is 0 Å². The van der Waals surface area contributed by atoms with E-state index in [4.69, 9.17) is 10.2 Å². The minimum atomic E-state index is -0.922. The van der Waals surface area contributed by atoms with Crippen molar-refractivity contribution in [1.29, 1.82) is 0 Å². The Labute approximate surface area is 71.1 Å². The molecule has 4 heteroatoms. The Bertz CT molecular complexity index is 191. The number of nitrogens with zero attached hydrogens (tertiary/aromatic N) is 1. The largest absolute Gasteiger partial charge is 0.478 e. The van der Waals surface area contributed by atoms with Crippen LogP contribution >= 0.6 is 0 Å². The molecule has 0 spiro atoms. The van der Waals surface area contributed by atoms with E-state index in [9.17, 15) is 4.79 Å². The number of aliphatic hydroxyl groups excluding tert-OH is 1. The second-order valence-electron chi connectivity index (χ2n) is 2.94. The van der Waals surface area contributed by atoms with Crippen molar-refractivity contribution in [2.24, 2.45) is 0 Å². The van der Waals surface area contributed by atoms with E-state index in [2.05, 4.69) is 0 Å². The summed E-state index contributed by atoms with van der Waals surface area (Å²) in [5.74, 6) is -0.922. The highest BCUT2D eigenvalue weighted by molar-refractivity contribution is 5.79. The first-order valence-corrected chi connectivity index (χ1v) is 3.98. The van der Waals surface area contributed by atoms with Gasteiger partial charge in [0.1, 0.15) is 0 Å². The van der Waals surface area contributed by atoms with Crippen LogP contribution in [0.3, 0.4) is 0 Å². The van der Waals surface area contributed by atoms with Gasteiger partial charge in [-0.05, 0) is 6.42 Å². The topological polar surface area (TPSA) is 60.8 Å². The summed E-state index contributed by atoms with van der Waals surface area (Å²) in [6.45, 7) is 2.12. The SMILES string of the molecule is O=C(O)/C=C/CN1CC[C@H](O)C1. The smallest absolute Gasteiger partial charge is 0.328 e. The van der Waals surface area contributed by atoms with E-state index >= 15 is 0 Å². The number of carboxylic acids is 1. The van der Waals surface area contributed by atoms with Crippen LogP contribution < -0.4 is 0 Å². The second-order valence-corrected chi connectivity index (χ2v) is 2.94. The molecule has 1 atom stereocenters. The Morgan fingerprint density at radius 1 is 1.67 bits per heavy atom. The van der Waals surface area contributed by atoms with Gasteiger partial charge in [0.2, 0.25) is 0 Å². The first kappa shape index (κ1) is 9.22. The second kappa shape index (κ2) is 4.23. The number of aliphatic hydroxyl groups is 1. The molecule has 0 radical (unpaired) electrons. The van der Waals surface area contributed by atoms with Gasteiger partial charge in [0, 0.05) is 25.7 Å². The molecule has 1 aliphatic heterocycles. The highest BCUT2D eigenvalue weighted by Gasteiger charge is 2.18. The standard InChI is InChI=1S/C8H13NO3/c10-7-3-5-9(6-7)4-1-2-8(11)12/h1-2,7,10H,3-6H2,(H,11,12)/b2-1+/t7-/m0/s1. The van der Waals surface area contributed by atoms with Crippen molar-refractivity contribution in [3.63, 3.8) is 0 Å². The molecule has 68 valence electrons. The number of rotatable bonds is 3. The summed E-state index contributed by atoms with van der Waals surface area (Å²) >= 11 is 0. The van der Waals surface area contributed by atoms with Gasteiger partial charge in [-0.15, -0.1) is 0 Å². The number of hydrogen-bond donors (Lipinski definition) is 2. The average Bonchev–Trinajstić information content (AvgIpc) is 2.35. The van der Waals surface area contributed by atoms with E-state index in [0.717, 1.165) is 19.0 Å². The molecule has 4 nitrogen and oxygen atoms in total. The molecule has 0 aromatic carbocycles. The summed E-state index contributed by atoms with van der Waals surface area (Å²) in [5, 5.41) is 17.4. The summed E-state index contributed by atoms with van der Waals surface area (Å²) in [6.07, 6.45) is 3.29. The zero-order chi connectivity index (χ0) is 8.97. The molecule has 1 rings (SSSR count). The molecule has 1 fully saturated rings. The molecule has 0 aromatic heterocycles. The molecule has 0 unspecified atom stereocenters. The third kappa shape index (κ3) is 3.02. The van der Waals surface area contributed by atoms with E-state index in [1.165, 1.54) is 0 Å². The van der Waals surface area contributed by atoms with Crippen LogP contribution in [0.15, 0.2) is 12.2 Å². The molecule has 0 amide bonds. The van der Waals surface area contributed by atoms with Crippen molar-refractivity contribution in [3.05, 3.63) is 12.2 Å². The van der Waals surface area contributed by atoms with Crippen molar-refractivity contribution < 1.29 is 15.0 Å². The lowest BCUT2D eigenvalue weighted by molar-refractivity contribution is -0.131. The Morgan fingerprint density at radius 3 is 2.92 bits per heavy atom. The van der Waals surface area contributed by atoms with Gasteiger partial charge in [-0.2, -0.15) is 0 Å². The highest BCUT2D eigenvalue weighted by atomic mass is 16.4. The third-order valence-electron chi connectivity index (χ3n) is 1.87. The molecule has 0 aliphatic carbocycles. The quantitative estimate of drug-likeness (QED) is 0.572. The van der Waals surface area contributed by atoms with Gasteiger partial charge in [0.05, 0.1) is 6.10 Å². The van der Waals surface area contributed by atoms with E-state index in [1.807, 2.05) is 4.90 Å². The summed E-state index contributed by atoms with van der Waals surface area (Å²) in [5.41, 5.74) is 0. The monoisotopic (exact) mass is 171 g/mol. The van der Waals surface area contributed by atoms with Gasteiger partial charge < -0.3 is 10.2 Å². The normalized spacial score (nSPS) is 25.2. The number of hydrogen-bond acceptors (Lipinski definition) is 3. The first-order chi connectivity index (χ1) is 5.68. The van der Waals surface area contributed by atoms with Crippen LogP contribution in [0.5, 0.6) is 0 Å². The van der Waals surface area contributed by atoms with E-state index in [1.54, 1.807) is 6.08 Å². The maximum atomic E-state index is 10.1. The van der Waals surface area contributed by atoms with Crippen LogP contribution in [0, 0.1) is 0 Å². The summed E-state index contributed by atoms with van der Waals surface area (Å²) < 4.78 is 0. The molecular weight excluding hydrogens is 158 g/mol. The Kier molecular flexibility index (Phi) is 3.25. The Balaban J connectivity index is 2.20. The van der Waals surface area contributed by atoms with Gasteiger partial charge in [-0.3, -0.25) is 4.90 Å². The zero-order valence-corrected chi connectivity index (χ0v) is 6.81. The van der Waals surface area contributed by atoms with Crippen LogP contribution in [-0.4, -0.2) is 46.8 Å². The van der Waals surface area contributed by atoms with Gasteiger partial charge in [0.15, 0.2) is 0 Å². The molecular formula is C8H13NO3. The van der Waals surface area contributed by atoms with Gasteiger partial charge in [-0.1, -0.05) is 6.08 Å². The van der Waals surface area contributed by atoms with Gasteiger partial charge in [0.25, 0.3) is 0 Å². The number of likely N-dealkylation sites (tertiary alicyclic amines) is 1. The summed E-state index contributed by atoms with van der Waals surface area (Å²) in [4.78, 5) is 12.1. The number of carbonyl (C=O) groups is 1. The molecule has 1 aliphatic rings. The molecule has 0 aromatic rings. The first-order valence-electron chi connectivity index (χ1n) is 3.98. The lowest BCUT2D eigenvalue weighted by Crippen LogP contribution is -2.22. The van der Waals surface area contributed by atoms with Gasteiger partial charge in [-0.25, -0.2) is 4.79 Å².